The second-order valence-corrected chi connectivity index (χ2v) is 3.21. The summed E-state index contributed by atoms with van der Waals surface area (Å²) in [5.41, 5.74) is 3.93. The van der Waals surface area contributed by atoms with Crippen LogP contribution in [-0.4, -0.2) is 0 Å². The minimum atomic E-state index is 1.00. The van der Waals surface area contributed by atoms with Gasteiger partial charge in [-0.05, 0) is 37.8 Å². The summed E-state index contributed by atoms with van der Waals surface area (Å²) < 4.78 is 0. The normalized spacial score (nSPS) is 19.4. The molecule has 1 rings (SSSR count). The first-order valence-corrected chi connectivity index (χ1v) is 4.17. The molecule has 0 saturated carbocycles. The van der Waals surface area contributed by atoms with Crippen molar-refractivity contribution in [1.82, 2.24) is 0 Å². The molecule has 1 nitrogen and oxygen atoms in total. The van der Waals surface area contributed by atoms with Crippen molar-refractivity contribution >= 4 is 0 Å². The third-order valence-corrected chi connectivity index (χ3v) is 2.07. The van der Waals surface area contributed by atoms with E-state index < -0.39 is 0 Å². The second kappa shape index (κ2) is 3.92. The van der Waals surface area contributed by atoms with E-state index in [1.807, 2.05) is 6.08 Å². The second-order valence-electron chi connectivity index (χ2n) is 3.21. The highest BCUT2D eigenvalue weighted by Gasteiger charge is 2.03. The Morgan fingerprint density at radius 3 is 2.58 bits per heavy atom. The van der Waals surface area contributed by atoms with Gasteiger partial charge in [-0.3, -0.25) is 0 Å². The van der Waals surface area contributed by atoms with Gasteiger partial charge in [0.05, 0.1) is 6.07 Å². The van der Waals surface area contributed by atoms with Crippen LogP contribution in [0.3, 0.4) is 0 Å². The maximum absolute atomic E-state index is 8.42. The molecule has 0 aromatic rings. The van der Waals surface area contributed by atoms with Crippen LogP contribution in [0.4, 0.5) is 0 Å². The van der Waals surface area contributed by atoms with Crippen LogP contribution in [0.25, 0.3) is 0 Å². The average molecular weight is 159 g/mol. The quantitative estimate of drug-likeness (QED) is 0.498. The van der Waals surface area contributed by atoms with Crippen molar-refractivity contribution in [3.63, 3.8) is 0 Å². The zero-order valence-corrected chi connectivity index (χ0v) is 7.59. The Bertz CT molecular complexity index is 293. The van der Waals surface area contributed by atoms with Gasteiger partial charge < -0.3 is 0 Å². The van der Waals surface area contributed by atoms with E-state index in [0.29, 0.717) is 0 Å². The Morgan fingerprint density at radius 2 is 2.17 bits per heavy atom. The summed E-state index contributed by atoms with van der Waals surface area (Å²) in [5.74, 6) is 0. The third-order valence-electron chi connectivity index (χ3n) is 2.07. The molecule has 1 aliphatic rings. The van der Waals surface area contributed by atoms with Crippen molar-refractivity contribution in [3.8, 4) is 6.07 Å². The van der Waals surface area contributed by atoms with Crippen molar-refractivity contribution in [2.75, 3.05) is 0 Å². The van der Waals surface area contributed by atoms with Crippen LogP contribution in [0.1, 0.15) is 26.7 Å². The highest BCUT2D eigenvalue weighted by atomic mass is 14.2. The van der Waals surface area contributed by atoms with Crippen LogP contribution in [0.15, 0.2) is 34.9 Å². The molecule has 62 valence electrons. The summed E-state index contributed by atoms with van der Waals surface area (Å²) >= 11 is 0. The standard InChI is InChI=1S/C11H13N/c1-9(2)11-5-3-10(4-6-11)7-8-12/h3,5,7H,4,6H2,1-2H3/b10-7+. The lowest BCUT2D eigenvalue weighted by molar-refractivity contribution is 0.930. The molecule has 0 saturated heterocycles. The maximum atomic E-state index is 8.42. The van der Waals surface area contributed by atoms with Crippen LogP contribution in [-0.2, 0) is 0 Å². The first-order chi connectivity index (χ1) is 5.74. The number of allylic oxidation sites excluding steroid dienone is 6. The molecule has 0 aliphatic heterocycles. The van der Waals surface area contributed by atoms with Crippen molar-refractivity contribution in [1.29, 1.82) is 5.26 Å². The summed E-state index contributed by atoms with van der Waals surface area (Å²) in [7, 11) is 0. The predicted octanol–water partition coefficient (Wildman–Crippen LogP) is 3.12. The minimum Gasteiger partial charge on any atom is -0.193 e. The van der Waals surface area contributed by atoms with E-state index in [4.69, 9.17) is 5.26 Å². The highest BCUT2D eigenvalue weighted by molar-refractivity contribution is 5.37. The van der Waals surface area contributed by atoms with Gasteiger partial charge in [0.1, 0.15) is 0 Å². The van der Waals surface area contributed by atoms with Crippen molar-refractivity contribution < 1.29 is 0 Å². The van der Waals surface area contributed by atoms with E-state index in [9.17, 15) is 0 Å². The van der Waals surface area contributed by atoms with Gasteiger partial charge in [-0.25, -0.2) is 0 Å². The number of nitrogens with zero attached hydrogens (tertiary/aromatic N) is 1. The van der Waals surface area contributed by atoms with Gasteiger partial charge in [0.15, 0.2) is 0 Å². The first kappa shape index (κ1) is 8.80. The van der Waals surface area contributed by atoms with E-state index in [0.717, 1.165) is 18.4 Å². The fourth-order valence-electron chi connectivity index (χ4n) is 1.27. The lowest BCUT2D eigenvalue weighted by atomic mass is 9.95. The monoisotopic (exact) mass is 159 g/mol. The highest BCUT2D eigenvalue weighted by Crippen LogP contribution is 2.22. The Hall–Kier alpha value is -1.29. The van der Waals surface area contributed by atoms with Crippen LogP contribution >= 0.6 is 0 Å². The van der Waals surface area contributed by atoms with Crippen LogP contribution < -0.4 is 0 Å². The molecule has 0 aromatic heterocycles. The average Bonchev–Trinajstić information content (AvgIpc) is 2.06. The van der Waals surface area contributed by atoms with E-state index in [1.54, 1.807) is 6.08 Å². The fraction of sp³-hybridized carbons (Fsp3) is 0.364. The SMILES string of the molecule is CC(C)=C1C=C/C(=C\C#N)CC1. The van der Waals surface area contributed by atoms with Gasteiger partial charge in [0.2, 0.25) is 0 Å². The fourth-order valence-corrected chi connectivity index (χ4v) is 1.27. The van der Waals surface area contributed by atoms with Crippen molar-refractivity contribution in [3.05, 3.63) is 34.9 Å². The number of nitriles is 1. The number of hydrogen-bond acceptors (Lipinski definition) is 1. The molecule has 0 bridgehead atoms. The largest absolute Gasteiger partial charge is 0.193 e. The maximum Gasteiger partial charge on any atom is 0.0914 e. The Labute approximate surface area is 73.7 Å². The Balaban J connectivity index is 2.81. The van der Waals surface area contributed by atoms with E-state index >= 15 is 0 Å². The van der Waals surface area contributed by atoms with Gasteiger partial charge in [-0.15, -0.1) is 0 Å². The number of rotatable bonds is 0. The lowest BCUT2D eigenvalue weighted by Gasteiger charge is -2.11. The molecule has 0 fully saturated rings. The molecule has 12 heavy (non-hydrogen) atoms. The predicted molar refractivity (Wildman–Crippen MR) is 50.4 cm³/mol. The van der Waals surface area contributed by atoms with Crippen molar-refractivity contribution in [2.24, 2.45) is 0 Å². The molecule has 0 N–H and O–H groups in total. The van der Waals surface area contributed by atoms with E-state index in [2.05, 4.69) is 26.0 Å². The molecule has 0 amide bonds. The molecule has 0 unspecified atom stereocenters. The molecule has 0 aromatic carbocycles. The van der Waals surface area contributed by atoms with Gasteiger partial charge in [0, 0.05) is 6.08 Å². The minimum absolute atomic E-state index is 1.00. The van der Waals surface area contributed by atoms with Crippen LogP contribution in [0.2, 0.25) is 0 Å². The van der Waals surface area contributed by atoms with E-state index in [1.165, 1.54) is 11.1 Å². The third kappa shape index (κ3) is 2.10. The molecular weight excluding hydrogens is 146 g/mol. The van der Waals surface area contributed by atoms with Gasteiger partial charge in [0.25, 0.3) is 0 Å². The summed E-state index contributed by atoms with van der Waals surface area (Å²) in [6.45, 7) is 4.25. The van der Waals surface area contributed by atoms with E-state index in [-0.39, 0.29) is 0 Å². The molecular formula is C11H13N. The molecule has 0 heterocycles. The van der Waals surface area contributed by atoms with Gasteiger partial charge in [-0.1, -0.05) is 17.7 Å². The molecule has 0 spiro atoms. The zero-order valence-electron chi connectivity index (χ0n) is 7.59. The molecule has 1 heteroatoms. The lowest BCUT2D eigenvalue weighted by Crippen LogP contribution is -1.92. The summed E-state index contributed by atoms with van der Waals surface area (Å²) in [5, 5.41) is 8.42. The molecule has 1 aliphatic carbocycles. The van der Waals surface area contributed by atoms with Crippen LogP contribution in [0.5, 0.6) is 0 Å². The van der Waals surface area contributed by atoms with Crippen molar-refractivity contribution in [2.45, 2.75) is 26.7 Å². The molecule has 0 radical (unpaired) electrons. The zero-order chi connectivity index (χ0) is 8.97. The van der Waals surface area contributed by atoms with Gasteiger partial charge >= 0.3 is 0 Å². The summed E-state index contributed by atoms with van der Waals surface area (Å²) in [4.78, 5) is 0. The summed E-state index contributed by atoms with van der Waals surface area (Å²) in [6.07, 6.45) is 7.85. The first-order valence-electron chi connectivity index (χ1n) is 4.17. The van der Waals surface area contributed by atoms with Crippen LogP contribution in [0, 0.1) is 11.3 Å². The smallest absolute Gasteiger partial charge is 0.0914 e. The topological polar surface area (TPSA) is 23.8 Å². The van der Waals surface area contributed by atoms with Gasteiger partial charge in [-0.2, -0.15) is 5.26 Å². The Morgan fingerprint density at radius 1 is 1.42 bits per heavy atom. The Kier molecular flexibility index (Phi) is 2.88. The summed E-state index contributed by atoms with van der Waals surface area (Å²) in [6, 6.07) is 2.05. The molecule has 0 atom stereocenters. The number of hydrogen-bond donors (Lipinski definition) is 0.